The zero-order valence-corrected chi connectivity index (χ0v) is 15.2. The van der Waals surface area contributed by atoms with Crippen LogP contribution in [0.4, 0.5) is 0 Å². The lowest BCUT2D eigenvalue weighted by molar-refractivity contribution is -0.138. The van der Waals surface area contributed by atoms with Gasteiger partial charge in [-0.2, -0.15) is 0 Å². The van der Waals surface area contributed by atoms with Crippen LogP contribution in [0.3, 0.4) is 0 Å². The van der Waals surface area contributed by atoms with Crippen molar-refractivity contribution in [1.82, 2.24) is 9.88 Å². The van der Waals surface area contributed by atoms with Gasteiger partial charge in [0.2, 0.25) is 0 Å². The minimum absolute atomic E-state index is 0.305. The van der Waals surface area contributed by atoms with E-state index >= 15 is 0 Å². The zero-order chi connectivity index (χ0) is 18.7. The Hall–Kier alpha value is -2.63. The minimum atomic E-state index is -0.980. The molecule has 26 heavy (non-hydrogen) atoms. The van der Waals surface area contributed by atoms with Crippen LogP contribution in [0.15, 0.2) is 48.7 Å². The zero-order valence-electron chi connectivity index (χ0n) is 15.2. The van der Waals surface area contributed by atoms with E-state index in [-0.39, 0.29) is 0 Å². The molecule has 3 aromatic rings. The number of aromatic amines is 1. The molecule has 5 heteroatoms. The summed E-state index contributed by atoms with van der Waals surface area (Å²) < 4.78 is 0. The summed E-state index contributed by atoms with van der Waals surface area (Å²) >= 11 is 0. The molecule has 0 bridgehead atoms. The van der Waals surface area contributed by atoms with Gasteiger partial charge < -0.3 is 20.7 Å². The molecule has 0 spiro atoms. The van der Waals surface area contributed by atoms with E-state index in [2.05, 4.69) is 42.3 Å². The Kier molecular flexibility index (Phi) is 5.40. The molecule has 4 N–H and O–H groups in total. The fraction of sp³-hybridized carbons (Fsp3) is 0.286. The number of carboxylic acid groups (broad SMARTS) is 1. The highest BCUT2D eigenvalue weighted by Gasteiger charge is 2.17. The second-order valence-electron chi connectivity index (χ2n) is 6.90. The summed E-state index contributed by atoms with van der Waals surface area (Å²) in [4.78, 5) is 16.7. The molecule has 1 atom stereocenters. The molecular formula is C21H25N3O2. The van der Waals surface area contributed by atoms with Crippen LogP contribution in [0.25, 0.3) is 22.0 Å². The number of carboxylic acids is 1. The van der Waals surface area contributed by atoms with Crippen LogP contribution in [0.5, 0.6) is 0 Å². The lowest BCUT2D eigenvalue weighted by Gasteiger charge is -2.14. The molecule has 1 unspecified atom stereocenters. The van der Waals surface area contributed by atoms with Gasteiger partial charge in [-0.15, -0.1) is 0 Å². The maximum absolute atomic E-state index is 11.2. The van der Waals surface area contributed by atoms with Gasteiger partial charge in [0.15, 0.2) is 0 Å². The molecule has 5 nitrogen and oxygen atoms in total. The summed E-state index contributed by atoms with van der Waals surface area (Å²) in [6.45, 7) is 0.965. The molecule has 0 saturated heterocycles. The summed E-state index contributed by atoms with van der Waals surface area (Å²) in [6.07, 6.45) is 3.32. The fourth-order valence-electron chi connectivity index (χ4n) is 3.31. The molecule has 136 valence electrons. The molecule has 0 fully saturated rings. The third kappa shape index (κ3) is 3.79. The third-order valence-electron chi connectivity index (χ3n) is 4.68. The van der Waals surface area contributed by atoms with Crippen LogP contribution in [0.2, 0.25) is 0 Å². The Balaban J connectivity index is 2.08. The Labute approximate surface area is 153 Å². The normalized spacial score (nSPS) is 12.6. The number of nitrogens with one attached hydrogen (secondary N) is 1. The van der Waals surface area contributed by atoms with Crippen molar-refractivity contribution in [3.05, 3.63) is 59.8 Å². The average molecular weight is 351 g/mol. The molecule has 1 heterocycles. The quantitative estimate of drug-likeness (QED) is 0.611. The van der Waals surface area contributed by atoms with E-state index in [1.807, 2.05) is 30.3 Å². The SMILES string of the molecule is CN(C)CCc1c[nH]c2cccc(-c3ccccc3CC(N)C(=O)O)c12. The second kappa shape index (κ2) is 7.72. The van der Waals surface area contributed by atoms with E-state index < -0.39 is 12.0 Å². The summed E-state index contributed by atoms with van der Waals surface area (Å²) in [5.74, 6) is -0.980. The van der Waals surface area contributed by atoms with Crippen molar-refractivity contribution < 1.29 is 9.90 Å². The first-order valence-electron chi connectivity index (χ1n) is 8.77. The van der Waals surface area contributed by atoms with Crippen molar-refractivity contribution in [2.45, 2.75) is 18.9 Å². The summed E-state index contributed by atoms with van der Waals surface area (Å²) in [5.41, 5.74) is 11.3. The lowest BCUT2D eigenvalue weighted by Crippen LogP contribution is -2.32. The van der Waals surface area contributed by atoms with E-state index in [0.717, 1.165) is 35.2 Å². The molecule has 2 aromatic carbocycles. The largest absolute Gasteiger partial charge is 0.480 e. The Morgan fingerprint density at radius 1 is 1.12 bits per heavy atom. The molecule has 0 aliphatic heterocycles. The second-order valence-corrected chi connectivity index (χ2v) is 6.90. The highest BCUT2D eigenvalue weighted by Crippen LogP contribution is 2.33. The number of fused-ring (bicyclic) bond motifs is 1. The number of H-pyrrole nitrogens is 1. The van der Waals surface area contributed by atoms with Gasteiger partial charge in [-0.3, -0.25) is 4.79 Å². The van der Waals surface area contributed by atoms with Crippen LogP contribution >= 0.6 is 0 Å². The number of hydrogen-bond acceptors (Lipinski definition) is 3. The molecule has 0 radical (unpaired) electrons. The van der Waals surface area contributed by atoms with E-state index in [1.54, 1.807) is 0 Å². The maximum atomic E-state index is 11.2. The molecule has 0 saturated carbocycles. The smallest absolute Gasteiger partial charge is 0.320 e. The van der Waals surface area contributed by atoms with Crippen molar-refractivity contribution in [3.8, 4) is 11.1 Å². The molecule has 0 amide bonds. The summed E-state index contributed by atoms with van der Waals surface area (Å²) in [7, 11) is 4.14. The number of nitrogens with two attached hydrogens (primary N) is 1. The van der Waals surface area contributed by atoms with Gasteiger partial charge in [0.05, 0.1) is 0 Å². The van der Waals surface area contributed by atoms with Gasteiger partial charge in [0, 0.05) is 23.6 Å². The Morgan fingerprint density at radius 3 is 2.58 bits per heavy atom. The standard InChI is InChI=1S/C21H25N3O2/c1-24(2)11-10-15-13-23-19-9-5-8-17(20(15)19)16-7-4-3-6-14(16)12-18(22)21(25)26/h3-9,13,18,23H,10-12,22H2,1-2H3,(H,25,26). The van der Waals surface area contributed by atoms with Crippen LogP contribution in [-0.2, 0) is 17.6 Å². The Bertz CT molecular complexity index is 915. The van der Waals surface area contributed by atoms with E-state index in [1.165, 1.54) is 10.9 Å². The minimum Gasteiger partial charge on any atom is -0.480 e. The van der Waals surface area contributed by atoms with Crippen molar-refractivity contribution >= 4 is 16.9 Å². The van der Waals surface area contributed by atoms with Gasteiger partial charge >= 0.3 is 5.97 Å². The number of likely N-dealkylation sites (N-methyl/N-ethyl adjacent to an activating group) is 1. The van der Waals surface area contributed by atoms with Crippen molar-refractivity contribution in [2.24, 2.45) is 5.73 Å². The van der Waals surface area contributed by atoms with Gasteiger partial charge in [0.25, 0.3) is 0 Å². The highest BCUT2D eigenvalue weighted by molar-refractivity contribution is 5.98. The maximum Gasteiger partial charge on any atom is 0.320 e. The molecule has 0 aliphatic carbocycles. The Morgan fingerprint density at radius 2 is 1.85 bits per heavy atom. The number of aliphatic carboxylic acids is 1. The van der Waals surface area contributed by atoms with E-state index in [9.17, 15) is 9.90 Å². The monoisotopic (exact) mass is 351 g/mol. The number of nitrogens with zero attached hydrogens (tertiary/aromatic N) is 1. The molecule has 1 aromatic heterocycles. The first-order valence-corrected chi connectivity index (χ1v) is 8.77. The topological polar surface area (TPSA) is 82.3 Å². The van der Waals surface area contributed by atoms with Gasteiger partial charge in [-0.05, 0) is 55.3 Å². The predicted molar refractivity (Wildman–Crippen MR) is 105 cm³/mol. The van der Waals surface area contributed by atoms with Crippen LogP contribution in [0, 0.1) is 0 Å². The first kappa shape index (κ1) is 18.2. The number of aromatic nitrogens is 1. The third-order valence-corrected chi connectivity index (χ3v) is 4.68. The van der Waals surface area contributed by atoms with Crippen molar-refractivity contribution in [1.29, 1.82) is 0 Å². The summed E-state index contributed by atoms with van der Waals surface area (Å²) in [6, 6.07) is 13.2. The number of benzene rings is 2. The molecular weight excluding hydrogens is 326 g/mol. The van der Waals surface area contributed by atoms with E-state index in [4.69, 9.17) is 5.73 Å². The average Bonchev–Trinajstić information content (AvgIpc) is 3.03. The van der Waals surface area contributed by atoms with Gasteiger partial charge in [0.1, 0.15) is 6.04 Å². The van der Waals surface area contributed by atoms with Crippen LogP contribution in [0.1, 0.15) is 11.1 Å². The number of hydrogen-bond donors (Lipinski definition) is 3. The first-order chi connectivity index (χ1) is 12.5. The predicted octanol–water partition coefficient (Wildman–Crippen LogP) is 2.89. The van der Waals surface area contributed by atoms with Crippen LogP contribution < -0.4 is 5.73 Å². The lowest BCUT2D eigenvalue weighted by atomic mass is 9.92. The number of carbonyl (C=O) groups is 1. The van der Waals surface area contributed by atoms with E-state index in [0.29, 0.717) is 6.42 Å². The van der Waals surface area contributed by atoms with Gasteiger partial charge in [-0.1, -0.05) is 36.4 Å². The van der Waals surface area contributed by atoms with Crippen molar-refractivity contribution in [3.63, 3.8) is 0 Å². The number of rotatable bonds is 7. The van der Waals surface area contributed by atoms with Crippen LogP contribution in [-0.4, -0.2) is 47.6 Å². The fourth-order valence-corrected chi connectivity index (χ4v) is 3.31. The van der Waals surface area contributed by atoms with Crippen molar-refractivity contribution in [2.75, 3.05) is 20.6 Å². The summed E-state index contributed by atoms with van der Waals surface area (Å²) in [5, 5.41) is 10.4. The highest BCUT2D eigenvalue weighted by atomic mass is 16.4. The molecule has 0 aliphatic rings. The van der Waals surface area contributed by atoms with Gasteiger partial charge in [-0.25, -0.2) is 0 Å². The molecule has 3 rings (SSSR count).